The minimum atomic E-state index is -0.163. The van der Waals surface area contributed by atoms with Gasteiger partial charge in [0.1, 0.15) is 0 Å². The molecule has 1 unspecified atom stereocenters. The molecule has 1 amide bonds. The number of nitrogens with zero attached hydrogens (tertiary/aromatic N) is 1. The van der Waals surface area contributed by atoms with Crippen LogP contribution in [0.1, 0.15) is 17.3 Å². The van der Waals surface area contributed by atoms with Crippen molar-refractivity contribution < 1.29 is 14.3 Å². The monoisotopic (exact) mass is 296 g/mol. The maximum atomic E-state index is 12.5. The molecule has 1 rings (SSSR count). The van der Waals surface area contributed by atoms with Crippen molar-refractivity contribution in [3.63, 3.8) is 0 Å². The van der Waals surface area contributed by atoms with Crippen LogP contribution in [0.15, 0.2) is 18.2 Å². The van der Waals surface area contributed by atoms with E-state index >= 15 is 0 Å². The molecule has 1 atom stereocenters. The van der Waals surface area contributed by atoms with E-state index in [9.17, 15) is 4.79 Å². The fraction of sp³-hybridized carbons (Fsp3) is 0.429. The number of nitrogens with two attached hydrogens (primary N) is 1. The van der Waals surface area contributed by atoms with Gasteiger partial charge in [0.15, 0.2) is 11.5 Å². The molecule has 5 nitrogen and oxygen atoms in total. The molecule has 0 aliphatic carbocycles. The summed E-state index contributed by atoms with van der Waals surface area (Å²) >= 11 is 4.92. The molecule has 20 heavy (non-hydrogen) atoms. The number of hydrogen-bond donors (Lipinski definition) is 1. The largest absolute Gasteiger partial charge is 0.493 e. The fourth-order valence-corrected chi connectivity index (χ4v) is 1.92. The van der Waals surface area contributed by atoms with Crippen molar-refractivity contribution in [2.75, 3.05) is 27.8 Å². The molecule has 0 aliphatic heterocycles. The summed E-state index contributed by atoms with van der Waals surface area (Å²) in [7, 11) is 4.74. The minimum absolute atomic E-state index is 0.0458. The minimum Gasteiger partial charge on any atom is -0.493 e. The number of thiocarbonyl (C=S) groups is 1. The molecule has 0 aromatic heterocycles. The Balaban J connectivity index is 3.00. The third-order valence-corrected chi connectivity index (χ3v) is 3.42. The van der Waals surface area contributed by atoms with E-state index in [1.54, 1.807) is 30.1 Å². The number of amides is 1. The lowest BCUT2D eigenvalue weighted by atomic mass is 10.1. The Bertz CT molecular complexity index is 505. The molecule has 0 saturated carbocycles. The van der Waals surface area contributed by atoms with Crippen LogP contribution in [0.2, 0.25) is 0 Å². The van der Waals surface area contributed by atoms with Crippen molar-refractivity contribution >= 4 is 23.1 Å². The van der Waals surface area contributed by atoms with Crippen LogP contribution >= 0.6 is 12.2 Å². The van der Waals surface area contributed by atoms with Crippen LogP contribution in [-0.4, -0.2) is 43.6 Å². The van der Waals surface area contributed by atoms with Crippen LogP contribution in [0.3, 0.4) is 0 Å². The lowest BCUT2D eigenvalue weighted by molar-refractivity contribution is 0.0783. The van der Waals surface area contributed by atoms with E-state index in [0.717, 1.165) is 0 Å². The number of rotatable bonds is 6. The number of ether oxygens (including phenoxy) is 2. The summed E-state index contributed by atoms with van der Waals surface area (Å²) < 4.78 is 10.5. The summed E-state index contributed by atoms with van der Waals surface area (Å²) in [6.07, 6.45) is 0. The second-order valence-electron chi connectivity index (χ2n) is 4.53. The molecule has 0 radical (unpaired) electrons. The van der Waals surface area contributed by atoms with E-state index in [2.05, 4.69) is 0 Å². The predicted octanol–water partition coefficient (Wildman–Crippen LogP) is 1.70. The van der Waals surface area contributed by atoms with Gasteiger partial charge in [-0.15, -0.1) is 0 Å². The fourth-order valence-electron chi connectivity index (χ4n) is 1.84. The standard InChI is InChI=1S/C14H20N2O3S/c1-9(13(15)20)8-16(2)14(17)10-6-5-7-11(18-3)12(10)19-4/h5-7,9H,8H2,1-4H3,(H2,15,20). The van der Waals surface area contributed by atoms with E-state index in [1.165, 1.54) is 14.2 Å². The number of methoxy groups -OCH3 is 2. The van der Waals surface area contributed by atoms with E-state index < -0.39 is 0 Å². The van der Waals surface area contributed by atoms with Crippen LogP contribution in [0, 0.1) is 5.92 Å². The Morgan fingerprint density at radius 1 is 1.40 bits per heavy atom. The van der Waals surface area contributed by atoms with Crippen molar-refractivity contribution in [3.8, 4) is 11.5 Å². The van der Waals surface area contributed by atoms with Crippen LogP contribution < -0.4 is 15.2 Å². The van der Waals surface area contributed by atoms with Crippen LogP contribution in [0.5, 0.6) is 11.5 Å². The SMILES string of the molecule is COc1cccc(C(=O)N(C)CC(C)C(N)=S)c1OC. The molecule has 0 aliphatic rings. The van der Waals surface area contributed by atoms with Crippen molar-refractivity contribution in [3.05, 3.63) is 23.8 Å². The number of para-hydroxylation sites is 1. The van der Waals surface area contributed by atoms with Crippen molar-refractivity contribution in [1.29, 1.82) is 0 Å². The van der Waals surface area contributed by atoms with Gasteiger partial charge in [-0.1, -0.05) is 25.2 Å². The molecule has 1 aromatic rings. The smallest absolute Gasteiger partial charge is 0.257 e. The average molecular weight is 296 g/mol. The highest BCUT2D eigenvalue weighted by Gasteiger charge is 2.21. The van der Waals surface area contributed by atoms with Gasteiger partial charge < -0.3 is 20.1 Å². The van der Waals surface area contributed by atoms with E-state index in [1.807, 2.05) is 6.92 Å². The summed E-state index contributed by atoms with van der Waals surface area (Å²) in [5, 5.41) is 0. The van der Waals surface area contributed by atoms with Gasteiger partial charge in [-0.3, -0.25) is 4.79 Å². The lowest BCUT2D eigenvalue weighted by Gasteiger charge is -2.22. The lowest BCUT2D eigenvalue weighted by Crippen LogP contribution is -2.35. The highest BCUT2D eigenvalue weighted by molar-refractivity contribution is 7.80. The summed E-state index contributed by atoms with van der Waals surface area (Å²) in [6, 6.07) is 5.19. The van der Waals surface area contributed by atoms with Gasteiger partial charge in [0.2, 0.25) is 0 Å². The van der Waals surface area contributed by atoms with Gasteiger partial charge in [-0.25, -0.2) is 0 Å². The molecular weight excluding hydrogens is 276 g/mol. The van der Waals surface area contributed by atoms with Crippen molar-refractivity contribution in [2.24, 2.45) is 11.7 Å². The number of carbonyl (C=O) groups excluding carboxylic acids is 1. The van der Waals surface area contributed by atoms with Crippen LogP contribution in [-0.2, 0) is 0 Å². The first kappa shape index (κ1) is 16.2. The molecule has 0 fully saturated rings. The van der Waals surface area contributed by atoms with Gasteiger partial charge in [0, 0.05) is 19.5 Å². The Labute approximate surface area is 124 Å². The topological polar surface area (TPSA) is 64.8 Å². The first-order valence-electron chi connectivity index (χ1n) is 6.18. The zero-order chi connectivity index (χ0) is 15.3. The van der Waals surface area contributed by atoms with E-state index in [-0.39, 0.29) is 11.8 Å². The molecule has 0 spiro atoms. The van der Waals surface area contributed by atoms with Gasteiger partial charge in [0.05, 0.1) is 24.8 Å². The Morgan fingerprint density at radius 3 is 2.55 bits per heavy atom. The molecule has 0 bridgehead atoms. The number of hydrogen-bond acceptors (Lipinski definition) is 4. The molecular formula is C14H20N2O3S. The Hall–Kier alpha value is -1.82. The highest BCUT2D eigenvalue weighted by Crippen LogP contribution is 2.31. The summed E-state index contributed by atoms with van der Waals surface area (Å²) in [6.45, 7) is 2.34. The number of benzene rings is 1. The third-order valence-electron chi connectivity index (χ3n) is 3.01. The molecule has 1 aromatic carbocycles. The second kappa shape index (κ2) is 7.09. The quantitative estimate of drug-likeness (QED) is 0.809. The summed E-state index contributed by atoms with van der Waals surface area (Å²) in [4.78, 5) is 14.4. The van der Waals surface area contributed by atoms with Gasteiger partial charge in [-0.2, -0.15) is 0 Å². The summed E-state index contributed by atoms with van der Waals surface area (Å²) in [5.74, 6) is 0.739. The van der Waals surface area contributed by atoms with Crippen LogP contribution in [0.4, 0.5) is 0 Å². The summed E-state index contributed by atoms with van der Waals surface area (Å²) in [5.41, 5.74) is 6.02. The zero-order valence-electron chi connectivity index (χ0n) is 12.2. The van der Waals surface area contributed by atoms with E-state index in [4.69, 9.17) is 27.4 Å². The average Bonchev–Trinajstić information content (AvgIpc) is 2.44. The normalized spacial score (nSPS) is 11.6. The molecule has 0 heterocycles. The first-order chi connectivity index (χ1) is 9.42. The maximum absolute atomic E-state index is 12.5. The number of carbonyl (C=O) groups is 1. The predicted molar refractivity (Wildman–Crippen MR) is 82.5 cm³/mol. The Kier molecular flexibility index (Phi) is 5.76. The van der Waals surface area contributed by atoms with Crippen molar-refractivity contribution in [2.45, 2.75) is 6.92 Å². The van der Waals surface area contributed by atoms with Crippen molar-refractivity contribution in [1.82, 2.24) is 4.90 Å². The third kappa shape index (κ3) is 3.60. The van der Waals surface area contributed by atoms with Crippen LogP contribution in [0.25, 0.3) is 0 Å². The highest BCUT2D eigenvalue weighted by atomic mass is 32.1. The zero-order valence-corrected chi connectivity index (χ0v) is 13.0. The van der Waals surface area contributed by atoms with Gasteiger partial charge in [0.25, 0.3) is 5.91 Å². The molecule has 6 heteroatoms. The van der Waals surface area contributed by atoms with E-state index in [0.29, 0.717) is 28.6 Å². The molecule has 0 saturated heterocycles. The molecule has 2 N–H and O–H groups in total. The first-order valence-corrected chi connectivity index (χ1v) is 6.59. The molecule has 110 valence electrons. The second-order valence-corrected chi connectivity index (χ2v) is 5.00. The maximum Gasteiger partial charge on any atom is 0.257 e. The Morgan fingerprint density at radius 2 is 2.05 bits per heavy atom. The van der Waals surface area contributed by atoms with Gasteiger partial charge in [-0.05, 0) is 12.1 Å². The van der Waals surface area contributed by atoms with Gasteiger partial charge >= 0.3 is 0 Å².